The van der Waals surface area contributed by atoms with E-state index in [1.165, 1.54) is 51.8 Å². The lowest BCUT2D eigenvalue weighted by atomic mass is 10.1. The molecule has 1 fully saturated rings. The predicted molar refractivity (Wildman–Crippen MR) is 123 cm³/mol. The van der Waals surface area contributed by atoms with Crippen molar-refractivity contribution in [2.45, 2.75) is 26.2 Å². The Hall–Kier alpha value is -0.930. The van der Waals surface area contributed by atoms with Crippen molar-refractivity contribution in [3.63, 3.8) is 0 Å². The Kier molecular flexibility index (Phi) is 12.6. The molecule has 0 unspecified atom stereocenters. The summed E-state index contributed by atoms with van der Waals surface area (Å²) in [5.41, 5.74) is 0.996. The average molecular weight is 491 g/mol. The van der Waals surface area contributed by atoms with Crippen LogP contribution in [0.5, 0.6) is 0 Å². The molecule has 1 aromatic rings. The Morgan fingerprint density at radius 1 is 1.07 bits per heavy atom. The molecule has 2 N–H and O–H groups in total. The van der Waals surface area contributed by atoms with Crippen LogP contribution in [0.15, 0.2) is 29.3 Å². The Morgan fingerprint density at radius 2 is 1.78 bits per heavy atom. The zero-order valence-electron chi connectivity index (χ0n) is 16.7. The number of hydrogen-bond acceptors (Lipinski definition) is 3. The van der Waals surface area contributed by atoms with Gasteiger partial charge in [-0.1, -0.05) is 19.1 Å². The fourth-order valence-electron chi connectivity index (χ4n) is 3.23. The Labute approximate surface area is 180 Å². The lowest BCUT2D eigenvalue weighted by molar-refractivity contribution is 0.136. The third kappa shape index (κ3) is 9.71. The highest BCUT2D eigenvalue weighted by molar-refractivity contribution is 14.0. The van der Waals surface area contributed by atoms with E-state index in [0.29, 0.717) is 0 Å². The first kappa shape index (κ1) is 24.1. The molecule has 1 aromatic carbocycles. The molecule has 5 nitrogen and oxygen atoms in total. The molecule has 0 bridgehead atoms. The number of aliphatic imine (C=N–C) groups is 1. The highest BCUT2D eigenvalue weighted by atomic mass is 127. The topological polar surface area (TPSA) is 42.9 Å². The summed E-state index contributed by atoms with van der Waals surface area (Å²) in [5.74, 6) is 0.638. The summed E-state index contributed by atoms with van der Waals surface area (Å²) >= 11 is 0. The van der Waals surface area contributed by atoms with Crippen molar-refractivity contribution in [2.24, 2.45) is 4.99 Å². The monoisotopic (exact) mass is 491 g/mol. The third-order valence-electron chi connectivity index (χ3n) is 4.92. The molecule has 1 aliphatic rings. The number of likely N-dealkylation sites (N-methyl/N-ethyl adjacent to an activating group) is 1. The van der Waals surface area contributed by atoms with E-state index in [9.17, 15) is 4.39 Å². The summed E-state index contributed by atoms with van der Waals surface area (Å²) in [6.07, 6.45) is 3.13. The minimum absolute atomic E-state index is 0. The van der Waals surface area contributed by atoms with E-state index in [-0.39, 0.29) is 29.8 Å². The van der Waals surface area contributed by atoms with Gasteiger partial charge in [-0.25, -0.2) is 4.39 Å². The van der Waals surface area contributed by atoms with Crippen molar-refractivity contribution >= 4 is 29.9 Å². The average Bonchev–Trinajstić information content (AvgIpc) is 2.67. The number of rotatable bonds is 9. The number of hydrogen-bond donors (Lipinski definition) is 2. The van der Waals surface area contributed by atoms with Crippen molar-refractivity contribution < 1.29 is 4.39 Å². The second kappa shape index (κ2) is 14.1. The number of guanidine groups is 1. The standard InChI is InChI=1S/C20H34FN5.HI/c1-3-25-13-15-26(16-14-25)12-5-4-10-23-20(22-2)24-11-9-18-7-6-8-19(21)17-18;/h6-8,17H,3-5,9-16H2,1-2H3,(H2,22,23,24);1H. The predicted octanol–water partition coefficient (Wildman–Crippen LogP) is 2.57. The van der Waals surface area contributed by atoms with Gasteiger partial charge in [-0.05, 0) is 50.0 Å². The summed E-state index contributed by atoms with van der Waals surface area (Å²) in [6.45, 7) is 11.1. The first-order valence-corrected chi connectivity index (χ1v) is 9.85. The molecule has 0 amide bonds. The van der Waals surface area contributed by atoms with Crippen molar-refractivity contribution in [3.05, 3.63) is 35.6 Å². The first-order chi connectivity index (χ1) is 12.7. The molecule has 0 saturated carbocycles. The van der Waals surface area contributed by atoms with Crippen LogP contribution in [-0.4, -0.2) is 75.2 Å². The molecule has 0 radical (unpaired) electrons. The van der Waals surface area contributed by atoms with Crippen LogP contribution in [0, 0.1) is 5.82 Å². The van der Waals surface area contributed by atoms with Crippen LogP contribution >= 0.6 is 24.0 Å². The molecule has 0 aliphatic carbocycles. The van der Waals surface area contributed by atoms with Gasteiger partial charge in [-0.15, -0.1) is 24.0 Å². The Morgan fingerprint density at radius 3 is 2.44 bits per heavy atom. The number of nitrogens with one attached hydrogen (secondary N) is 2. The number of benzene rings is 1. The van der Waals surface area contributed by atoms with Gasteiger partial charge in [0.1, 0.15) is 5.82 Å². The van der Waals surface area contributed by atoms with Crippen LogP contribution < -0.4 is 10.6 Å². The number of halogens is 2. The Bertz CT molecular complexity index is 547. The summed E-state index contributed by atoms with van der Waals surface area (Å²) in [7, 11) is 1.78. The van der Waals surface area contributed by atoms with E-state index in [4.69, 9.17) is 0 Å². The number of piperazine rings is 1. The molecule has 0 atom stereocenters. The second-order valence-corrected chi connectivity index (χ2v) is 6.79. The molecule has 27 heavy (non-hydrogen) atoms. The summed E-state index contributed by atoms with van der Waals surface area (Å²) in [6, 6.07) is 6.75. The fraction of sp³-hybridized carbons (Fsp3) is 0.650. The second-order valence-electron chi connectivity index (χ2n) is 6.79. The van der Waals surface area contributed by atoms with E-state index in [2.05, 4.69) is 32.3 Å². The van der Waals surface area contributed by atoms with Gasteiger partial charge < -0.3 is 20.4 Å². The fourth-order valence-corrected chi connectivity index (χ4v) is 3.23. The van der Waals surface area contributed by atoms with Crippen molar-refractivity contribution in [1.29, 1.82) is 0 Å². The van der Waals surface area contributed by atoms with Crippen LogP contribution in [0.25, 0.3) is 0 Å². The molecule has 1 saturated heterocycles. The molecular weight excluding hydrogens is 456 g/mol. The largest absolute Gasteiger partial charge is 0.356 e. The lowest BCUT2D eigenvalue weighted by Crippen LogP contribution is -2.46. The SMILES string of the molecule is CCN1CCN(CCCCNC(=NC)NCCc2cccc(F)c2)CC1.I. The van der Waals surface area contributed by atoms with E-state index in [0.717, 1.165) is 37.5 Å². The normalized spacial score (nSPS) is 16.0. The van der Waals surface area contributed by atoms with Crippen molar-refractivity contribution in [3.8, 4) is 0 Å². The highest BCUT2D eigenvalue weighted by Crippen LogP contribution is 2.04. The summed E-state index contributed by atoms with van der Waals surface area (Å²) < 4.78 is 13.2. The van der Waals surface area contributed by atoms with Gasteiger partial charge in [0.15, 0.2) is 5.96 Å². The van der Waals surface area contributed by atoms with Gasteiger partial charge in [0.2, 0.25) is 0 Å². The maximum absolute atomic E-state index is 13.2. The van der Waals surface area contributed by atoms with Crippen LogP contribution in [-0.2, 0) is 6.42 Å². The summed E-state index contributed by atoms with van der Waals surface area (Å²) in [5, 5.41) is 6.65. The van der Waals surface area contributed by atoms with Gasteiger partial charge in [0.25, 0.3) is 0 Å². The number of unbranched alkanes of at least 4 members (excludes halogenated alkanes) is 1. The van der Waals surface area contributed by atoms with Gasteiger partial charge >= 0.3 is 0 Å². The van der Waals surface area contributed by atoms with Crippen molar-refractivity contribution in [2.75, 3.05) is 59.4 Å². The zero-order valence-corrected chi connectivity index (χ0v) is 19.0. The maximum atomic E-state index is 13.2. The molecular formula is C20H35FIN5. The molecule has 1 heterocycles. The summed E-state index contributed by atoms with van der Waals surface area (Å²) in [4.78, 5) is 9.33. The smallest absolute Gasteiger partial charge is 0.190 e. The third-order valence-corrected chi connectivity index (χ3v) is 4.92. The Balaban J connectivity index is 0.00000364. The van der Waals surface area contributed by atoms with Crippen LogP contribution in [0.2, 0.25) is 0 Å². The van der Waals surface area contributed by atoms with Crippen LogP contribution in [0.3, 0.4) is 0 Å². The minimum Gasteiger partial charge on any atom is -0.356 e. The van der Waals surface area contributed by atoms with Gasteiger partial charge in [-0.2, -0.15) is 0 Å². The molecule has 7 heteroatoms. The van der Waals surface area contributed by atoms with Gasteiger partial charge in [-0.3, -0.25) is 4.99 Å². The molecule has 154 valence electrons. The zero-order chi connectivity index (χ0) is 18.6. The van der Waals surface area contributed by atoms with E-state index < -0.39 is 0 Å². The lowest BCUT2D eigenvalue weighted by Gasteiger charge is -2.34. The first-order valence-electron chi connectivity index (χ1n) is 9.85. The molecule has 0 aromatic heterocycles. The van der Waals surface area contributed by atoms with E-state index in [1.54, 1.807) is 19.2 Å². The van der Waals surface area contributed by atoms with Gasteiger partial charge in [0.05, 0.1) is 0 Å². The number of nitrogens with zero attached hydrogens (tertiary/aromatic N) is 3. The van der Waals surface area contributed by atoms with Crippen molar-refractivity contribution in [1.82, 2.24) is 20.4 Å². The van der Waals surface area contributed by atoms with Gasteiger partial charge in [0, 0.05) is 46.3 Å². The molecule has 1 aliphatic heterocycles. The minimum atomic E-state index is -0.180. The van der Waals surface area contributed by atoms with Crippen LogP contribution in [0.4, 0.5) is 4.39 Å². The molecule has 0 spiro atoms. The van der Waals surface area contributed by atoms with Crippen LogP contribution in [0.1, 0.15) is 25.3 Å². The van der Waals surface area contributed by atoms with E-state index in [1.807, 2.05) is 6.07 Å². The maximum Gasteiger partial charge on any atom is 0.190 e. The highest BCUT2D eigenvalue weighted by Gasteiger charge is 2.14. The van der Waals surface area contributed by atoms with E-state index >= 15 is 0 Å². The molecule has 2 rings (SSSR count). The quantitative estimate of drug-likeness (QED) is 0.241.